The third kappa shape index (κ3) is 4.95. The summed E-state index contributed by atoms with van der Waals surface area (Å²) in [5.74, 6) is 1.48. The summed E-state index contributed by atoms with van der Waals surface area (Å²) in [5, 5.41) is 2.98. The Bertz CT molecular complexity index is 943. The first-order valence-electron chi connectivity index (χ1n) is 10.4. The molecule has 0 radical (unpaired) electrons. The van der Waals surface area contributed by atoms with Crippen LogP contribution in [0.3, 0.4) is 0 Å². The Morgan fingerprint density at radius 3 is 2.66 bits per heavy atom. The third-order valence-electron chi connectivity index (χ3n) is 5.51. The van der Waals surface area contributed by atoms with Crippen LogP contribution >= 0.6 is 0 Å². The zero-order valence-electron chi connectivity index (χ0n) is 16.9. The van der Waals surface area contributed by atoms with Gasteiger partial charge in [-0.05, 0) is 75.2 Å². The van der Waals surface area contributed by atoms with Crippen LogP contribution in [0.5, 0.6) is 5.75 Å². The summed E-state index contributed by atoms with van der Waals surface area (Å²) in [6.45, 7) is 5.93. The molecule has 0 atom stereocenters. The Balaban J connectivity index is 1.23. The fourth-order valence-corrected chi connectivity index (χ4v) is 3.97. The van der Waals surface area contributed by atoms with Gasteiger partial charge in [0.1, 0.15) is 5.75 Å². The molecule has 0 unspecified atom stereocenters. The Kier molecular flexibility index (Phi) is 6.10. The summed E-state index contributed by atoms with van der Waals surface area (Å²) in [6, 6.07) is 15.8. The van der Waals surface area contributed by atoms with Gasteiger partial charge in [0.05, 0.1) is 30.5 Å². The number of likely N-dealkylation sites (tertiary alicyclic amines) is 1. The zero-order valence-corrected chi connectivity index (χ0v) is 16.9. The molecule has 1 N–H and O–H groups in total. The summed E-state index contributed by atoms with van der Waals surface area (Å²) in [6.07, 6.45) is 4.15. The molecular formula is C23H28N4O2. The first kappa shape index (κ1) is 19.5. The highest BCUT2D eigenvalue weighted by molar-refractivity contribution is 5.92. The van der Waals surface area contributed by atoms with Crippen LogP contribution in [0, 0.1) is 5.92 Å². The monoisotopic (exact) mass is 392 g/mol. The number of amides is 1. The van der Waals surface area contributed by atoms with Crippen molar-refractivity contribution in [2.45, 2.75) is 26.3 Å². The number of fused-ring (bicyclic) bond motifs is 1. The third-order valence-corrected chi connectivity index (χ3v) is 5.51. The molecule has 2 aromatic carbocycles. The van der Waals surface area contributed by atoms with Crippen molar-refractivity contribution in [3.8, 4) is 5.75 Å². The van der Waals surface area contributed by atoms with Gasteiger partial charge in [-0.15, -0.1) is 0 Å². The van der Waals surface area contributed by atoms with Crippen LogP contribution in [0.4, 0.5) is 5.69 Å². The van der Waals surface area contributed by atoms with E-state index < -0.39 is 0 Å². The smallest absolute Gasteiger partial charge is 0.238 e. The van der Waals surface area contributed by atoms with E-state index in [9.17, 15) is 4.79 Å². The molecule has 0 bridgehead atoms. The number of hydrogen-bond acceptors (Lipinski definition) is 4. The lowest BCUT2D eigenvalue weighted by atomic mass is 9.96. The number of imidazole rings is 1. The lowest BCUT2D eigenvalue weighted by molar-refractivity contribution is -0.117. The Morgan fingerprint density at radius 2 is 1.90 bits per heavy atom. The van der Waals surface area contributed by atoms with E-state index in [2.05, 4.69) is 38.0 Å². The number of para-hydroxylation sites is 2. The van der Waals surface area contributed by atoms with Crippen molar-refractivity contribution in [2.75, 3.05) is 31.6 Å². The van der Waals surface area contributed by atoms with Gasteiger partial charge in [-0.25, -0.2) is 4.98 Å². The van der Waals surface area contributed by atoms with Crippen LogP contribution < -0.4 is 10.1 Å². The van der Waals surface area contributed by atoms with Gasteiger partial charge < -0.3 is 14.6 Å². The minimum absolute atomic E-state index is 0.0354. The van der Waals surface area contributed by atoms with Crippen LogP contribution in [0.1, 0.15) is 19.8 Å². The van der Waals surface area contributed by atoms with E-state index >= 15 is 0 Å². The van der Waals surface area contributed by atoms with E-state index in [-0.39, 0.29) is 5.91 Å². The van der Waals surface area contributed by atoms with Crippen molar-refractivity contribution in [3.63, 3.8) is 0 Å². The number of nitrogens with zero attached hydrogens (tertiary/aromatic N) is 3. The molecule has 4 rings (SSSR count). The van der Waals surface area contributed by atoms with Gasteiger partial charge in [-0.1, -0.05) is 12.1 Å². The van der Waals surface area contributed by atoms with Gasteiger partial charge >= 0.3 is 0 Å². The Labute approximate surface area is 171 Å². The van der Waals surface area contributed by atoms with Crippen LogP contribution in [0.15, 0.2) is 54.9 Å². The van der Waals surface area contributed by atoms with Crippen LogP contribution in [0.2, 0.25) is 0 Å². The number of carbonyl (C=O) groups is 1. The second-order valence-corrected chi connectivity index (χ2v) is 7.61. The number of aromatic nitrogens is 2. The van der Waals surface area contributed by atoms with Crippen LogP contribution in [0.25, 0.3) is 11.0 Å². The first-order valence-corrected chi connectivity index (χ1v) is 10.4. The topological polar surface area (TPSA) is 59.4 Å². The molecule has 1 aromatic heterocycles. The number of piperidine rings is 1. The summed E-state index contributed by atoms with van der Waals surface area (Å²) in [7, 11) is 0. The van der Waals surface area contributed by atoms with E-state index in [1.165, 1.54) is 5.52 Å². The lowest BCUT2D eigenvalue weighted by Crippen LogP contribution is -2.39. The maximum Gasteiger partial charge on any atom is 0.238 e. The van der Waals surface area contributed by atoms with Crippen molar-refractivity contribution in [1.29, 1.82) is 0 Å². The van der Waals surface area contributed by atoms with Crippen molar-refractivity contribution in [3.05, 3.63) is 54.9 Å². The van der Waals surface area contributed by atoms with Crippen molar-refractivity contribution in [2.24, 2.45) is 5.92 Å². The van der Waals surface area contributed by atoms with Crippen molar-refractivity contribution in [1.82, 2.24) is 14.5 Å². The highest BCUT2D eigenvalue weighted by Gasteiger charge is 2.21. The second-order valence-electron chi connectivity index (χ2n) is 7.61. The van der Waals surface area contributed by atoms with Gasteiger partial charge in [-0.3, -0.25) is 9.69 Å². The minimum Gasteiger partial charge on any atom is -0.494 e. The Morgan fingerprint density at radius 1 is 1.14 bits per heavy atom. The Hall–Kier alpha value is -2.86. The van der Waals surface area contributed by atoms with E-state index in [1.807, 2.05) is 43.6 Å². The number of nitrogens with one attached hydrogen (secondary N) is 1. The maximum atomic E-state index is 12.4. The molecule has 1 fully saturated rings. The largest absolute Gasteiger partial charge is 0.494 e. The van der Waals surface area contributed by atoms with Gasteiger partial charge in [0, 0.05) is 12.2 Å². The summed E-state index contributed by atoms with van der Waals surface area (Å²) in [5.41, 5.74) is 3.06. The number of ether oxygens (including phenoxy) is 1. The van der Waals surface area contributed by atoms with Gasteiger partial charge in [0.25, 0.3) is 0 Å². The molecule has 1 amide bonds. The number of benzene rings is 2. The van der Waals surface area contributed by atoms with Crippen LogP contribution in [-0.2, 0) is 11.3 Å². The normalized spacial score (nSPS) is 15.5. The average molecular weight is 393 g/mol. The van der Waals surface area contributed by atoms with Crippen LogP contribution in [-0.4, -0.2) is 46.6 Å². The summed E-state index contributed by atoms with van der Waals surface area (Å²) in [4.78, 5) is 19.1. The molecule has 152 valence electrons. The summed E-state index contributed by atoms with van der Waals surface area (Å²) < 4.78 is 7.69. The second kappa shape index (κ2) is 9.09. The van der Waals surface area contributed by atoms with Crippen molar-refractivity contribution < 1.29 is 9.53 Å². The predicted octanol–water partition coefficient (Wildman–Crippen LogP) is 3.79. The molecule has 0 saturated carbocycles. The number of anilines is 1. The fraction of sp³-hybridized carbons (Fsp3) is 0.391. The van der Waals surface area contributed by atoms with E-state index in [1.54, 1.807) is 0 Å². The quantitative estimate of drug-likeness (QED) is 0.665. The van der Waals surface area contributed by atoms with Gasteiger partial charge in [0.2, 0.25) is 5.91 Å². The molecule has 6 nitrogen and oxygen atoms in total. The molecule has 1 aliphatic heterocycles. The first-order chi connectivity index (χ1) is 14.2. The number of rotatable bonds is 7. The van der Waals surface area contributed by atoms with E-state index in [0.29, 0.717) is 19.1 Å². The number of carbonyl (C=O) groups excluding carboxylic acids is 1. The van der Waals surface area contributed by atoms with Gasteiger partial charge in [-0.2, -0.15) is 0 Å². The lowest BCUT2D eigenvalue weighted by Gasteiger charge is -2.31. The predicted molar refractivity (Wildman–Crippen MR) is 115 cm³/mol. The molecule has 0 aliphatic carbocycles. The maximum absolute atomic E-state index is 12.4. The molecule has 3 aromatic rings. The van der Waals surface area contributed by atoms with Gasteiger partial charge in [0.15, 0.2) is 0 Å². The molecule has 29 heavy (non-hydrogen) atoms. The fourth-order valence-electron chi connectivity index (χ4n) is 3.97. The van der Waals surface area contributed by atoms with Crippen molar-refractivity contribution >= 4 is 22.6 Å². The standard InChI is InChI=1S/C23H28N4O2/c1-2-29-20-9-7-19(8-10-20)25-23(28)16-26-13-11-18(12-14-26)15-27-17-24-21-5-3-4-6-22(21)27/h3-10,17-18H,2,11-16H2,1H3,(H,25,28). The average Bonchev–Trinajstić information content (AvgIpc) is 3.14. The van der Waals surface area contributed by atoms with E-state index in [0.717, 1.165) is 49.4 Å². The molecular weight excluding hydrogens is 364 g/mol. The van der Waals surface area contributed by atoms with E-state index in [4.69, 9.17) is 4.74 Å². The highest BCUT2D eigenvalue weighted by atomic mass is 16.5. The molecule has 1 aliphatic rings. The SMILES string of the molecule is CCOc1ccc(NC(=O)CN2CCC(Cn3cnc4ccccc43)CC2)cc1. The number of hydrogen-bond donors (Lipinski definition) is 1. The molecule has 0 spiro atoms. The summed E-state index contributed by atoms with van der Waals surface area (Å²) >= 11 is 0. The highest BCUT2D eigenvalue weighted by Crippen LogP contribution is 2.22. The minimum atomic E-state index is 0.0354. The molecule has 6 heteroatoms. The molecule has 2 heterocycles. The molecule has 1 saturated heterocycles. The zero-order chi connectivity index (χ0) is 20.1.